The molecule has 0 amide bonds. The summed E-state index contributed by atoms with van der Waals surface area (Å²) in [4.78, 5) is 24.2. The van der Waals surface area contributed by atoms with E-state index in [1.807, 2.05) is 13.0 Å². The average Bonchev–Trinajstić information content (AvgIpc) is 2.86. The van der Waals surface area contributed by atoms with Crippen molar-refractivity contribution in [3.05, 3.63) is 23.8 Å². The quantitative estimate of drug-likeness (QED) is 0.695. The number of Topliss-reactive ketones (excluding diaryl/α,β-unsaturated/α-hetero) is 1. The molecule has 0 radical (unpaired) electrons. The minimum atomic E-state index is -1.56. The number of rotatable bonds is 2. The van der Waals surface area contributed by atoms with Crippen LogP contribution in [0, 0.1) is 28.6 Å². The molecule has 5 nitrogen and oxygen atoms in total. The summed E-state index contributed by atoms with van der Waals surface area (Å²) >= 11 is 0. The molecule has 0 heterocycles. The molecule has 7 atom stereocenters. The van der Waals surface area contributed by atoms with Gasteiger partial charge >= 0.3 is 0 Å². The molecule has 0 aromatic rings. The second-order valence-corrected chi connectivity index (χ2v) is 9.19. The normalized spacial score (nSPS) is 49.9. The van der Waals surface area contributed by atoms with Gasteiger partial charge in [-0.1, -0.05) is 25.5 Å². The van der Waals surface area contributed by atoms with Crippen LogP contribution in [-0.4, -0.2) is 45.2 Å². The van der Waals surface area contributed by atoms with Crippen molar-refractivity contribution in [3.8, 4) is 0 Å². The van der Waals surface area contributed by atoms with E-state index < -0.39 is 29.5 Å². The Bertz CT molecular complexity index is 724. The summed E-state index contributed by atoms with van der Waals surface area (Å²) in [5, 5.41) is 31.7. The molecule has 0 aromatic heterocycles. The monoisotopic (exact) mass is 360 g/mol. The maximum absolute atomic E-state index is 12.4. The Morgan fingerprint density at radius 1 is 1.31 bits per heavy atom. The zero-order valence-corrected chi connectivity index (χ0v) is 15.4. The van der Waals surface area contributed by atoms with Crippen molar-refractivity contribution in [1.82, 2.24) is 0 Å². The van der Waals surface area contributed by atoms with E-state index in [-0.39, 0.29) is 29.0 Å². The van der Waals surface area contributed by atoms with E-state index >= 15 is 0 Å². The average molecular weight is 360 g/mol. The van der Waals surface area contributed by atoms with E-state index in [1.54, 1.807) is 12.2 Å². The van der Waals surface area contributed by atoms with Crippen molar-refractivity contribution in [2.45, 2.75) is 57.7 Å². The zero-order chi connectivity index (χ0) is 18.9. The topological polar surface area (TPSA) is 94.8 Å². The number of allylic oxidation sites excluding steroid dienone is 4. The van der Waals surface area contributed by atoms with E-state index in [9.17, 15) is 24.9 Å². The van der Waals surface area contributed by atoms with Crippen molar-refractivity contribution in [2.24, 2.45) is 28.6 Å². The first-order valence-electron chi connectivity index (χ1n) is 9.66. The molecule has 26 heavy (non-hydrogen) atoms. The van der Waals surface area contributed by atoms with Crippen LogP contribution in [-0.2, 0) is 9.59 Å². The maximum Gasteiger partial charge on any atom is 0.190 e. The minimum absolute atomic E-state index is 0.00912. The Labute approximate surface area is 153 Å². The highest BCUT2D eigenvalue weighted by atomic mass is 16.3. The van der Waals surface area contributed by atoms with Gasteiger partial charge in [0.15, 0.2) is 11.6 Å². The molecule has 4 aliphatic carbocycles. The summed E-state index contributed by atoms with van der Waals surface area (Å²) < 4.78 is 0. The van der Waals surface area contributed by atoms with Gasteiger partial charge in [0.2, 0.25) is 0 Å². The van der Waals surface area contributed by atoms with Gasteiger partial charge in [-0.2, -0.15) is 0 Å². The maximum atomic E-state index is 12.4. The van der Waals surface area contributed by atoms with E-state index in [0.29, 0.717) is 12.8 Å². The van der Waals surface area contributed by atoms with E-state index in [0.717, 1.165) is 24.8 Å². The van der Waals surface area contributed by atoms with Crippen molar-refractivity contribution in [1.29, 1.82) is 0 Å². The van der Waals surface area contributed by atoms with Gasteiger partial charge < -0.3 is 15.3 Å². The van der Waals surface area contributed by atoms with Crippen molar-refractivity contribution < 1.29 is 24.9 Å². The number of fused-ring (bicyclic) bond motifs is 5. The highest BCUT2D eigenvalue weighted by molar-refractivity contribution is 6.01. The van der Waals surface area contributed by atoms with Crippen LogP contribution in [0.4, 0.5) is 0 Å². The summed E-state index contributed by atoms with van der Waals surface area (Å²) in [5.41, 5.74) is -1.54. The highest BCUT2D eigenvalue weighted by Crippen LogP contribution is 2.67. The summed E-state index contributed by atoms with van der Waals surface area (Å²) in [6.07, 6.45) is 7.68. The first kappa shape index (κ1) is 18.1. The Morgan fingerprint density at radius 2 is 2.04 bits per heavy atom. The molecule has 0 saturated heterocycles. The molecule has 0 aromatic carbocycles. The van der Waals surface area contributed by atoms with E-state index in [1.165, 1.54) is 0 Å². The van der Waals surface area contributed by atoms with E-state index in [2.05, 4.69) is 6.92 Å². The molecule has 3 N–H and O–H groups in total. The lowest BCUT2D eigenvalue weighted by Gasteiger charge is -2.59. The Morgan fingerprint density at radius 3 is 2.73 bits per heavy atom. The van der Waals surface area contributed by atoms with E-state index in [4.69, 9.17) is 0 Å². The molecule has 142 valence electrons. The predicted molar refractivity (Wildman–Crippen MR) is 95.0 cm³/mol. The Hall–Kier alpha value is -1.30. The third-order valence-electron chi connectivity index (χ3n) is 8.25. The lowest BCUT2D eigenvalue weighted by molar-refractivity contribution is -0.178. The van der Waals surface area contributed by atoms with Crippen LogP contribution < -0.4 is 0 Å². The van der Waals surface area contributed by atoms with Gasteiger partial charge in [-0.05, 0) is 56.1 Å². The number of hydrogen-bond acceptors (Lipinski definition) is 5. The number of ketones is 2. The highest BCUT2D eigenvalue weighted by Gasteiger charge is 2.67. The second kappa shape index (κ2) is 5.60. The molecule has 4 rings (SSSR count). The van der Waals surface area contributed by atoms with Gasteiger partial charge in [0.1, 0.15) is 12.2 Å². The number of carbonyl (C=O) groups excluding carboxylic acids is 2. The molecule has 0 aliphatic heterocycles. The summed E-state index contributed by atoms with van der Waals surface area (Å²) in [7, 11) is 0. The largest absolute Gasteiger partial charge is 0.393 e. The molecule has 0 spiro atoms. The van der Waals surface area contributed by atoms with Crippen LogP contribution in [0.1, 0.15) is 46.0 Å². The Kier molecular flexibility index (Phi) is 3.89. The SMILES string of the molecule is C[C@]12C[C@@H](O)[C@H]3[C@@H](CCC4=CC(=O)C=C[C@]43C)[C@@H]1CC[C@]2(O)C(=O)CO. The third kappa shape index (κ3) is 2.08. The number of aliphatic hydroxyl groups is 3. The molecule has 3 saturated carbocycles. The minimum Gasteiger partial charge on any atom is -0.393 e. The third-order valence-corrected chi connectivity index (χ3v) is 8.25. The van der Waals surface area contributed by atoms with Crippen molar-refractivity contribution >= 4 is 11.6 Å². The van der Waals surface area contributed by atoms with Crippen molar-refractivity contribution in [3.63, 3.8) is 0 Å². The molecular formula is C21H28O5. The van der Waals surface area contributed by atoms with Gasteiger partial charge in [0, 0.05) is 16.7 Å². The molecular weight excluding hydrogens is 332 g/mol. The van der Waals surface area contributed by atoms with Crippen LogP contribution in [0.3, 0.4) is 0 Å². The van der Waals surface area contributed by atoms with Crippen LogP contribution in [0.25, 0.3) is 0 Å². The molecule has 4 aliphatic rings. The van der Waals surface area contributed by atoms with Crippen LogP contribution in [0.5, 0.6) is 0 Å². The molecule has 0 bridgehead atoms. The number of aliphatic hydroxyl groups excluding tert-OH is 2. The first-order chi connectivity index (χ1) is 12.2. The summed E-state index contributed by atoms with van der Waals surface area (Å²) in [6.45, 7) is 3.34. The van der Waals surface area contributed by atoms with Gasteiger partial charge in [0.05, 0.1) is 6.10 Å². The predicted octanol–water partition coefficient (Wildman–Crippen LogP) is 1.56. The van der Waals surface area contributed by atoms with Gasteiger partial charge in [-0.15, -0.1) is 0 Å². The number of carbonyl (C=O) groups is 2. The summed E-state index contributed by atoms with van der Waals surface area (Å²) in [5.74, 6) is -0.227. The standard InChI is InChI=1S/C21H28O5/c1-19-7-5-13(23)9-12(19)3-4-14-15-6-8-21(26,17(25)11-22)20(15,2)10-16(24)18(14)19/h5,7,9,14-16,18,22,24,26H,3-4,6,8,10-11H2,1-2H3/t14-,15-,16+,18+,19+,20-,21-/m0/s1. The lowest BCUT2D eigenvalue weighted by Crippen LogP contribution is -2.61. The van der Waals surface area contributed by atoms with Gasteiger partial charge in [-0.3, -0.25) is 9.59 Å². The van der Waals surface area contributed by atoms with Crippen LogP contribution >= 0.6 is 0 Å². The molecule has 3 fully saturated rings. The second-order valence-electron chi connectivity index (χ2n) is 9.19. The molecule has 0 unspecified atom stereocenters. The lowest BCUT2D eigenvalue weighted by atomic mass is 9.46. The van der Waals surface area contributed by atoms with Crippen molar-refractivity contribution in [2.75, 3.05) is 6.61 Å². The fourth-order valence-electron chi connectivity index (χ4n) is 6.92. The Balaban J connectivity index is 1.75. The summed E-state index contributed by atoms with van der Waals surface area (Å²) in [6, 6.07) is 0. The van der Waals surface area contributed by atoms with Gasteiger partial charge in [-0.25, -0.2) is 0 Å². The fourth-order valence-corrected chi connectivity index (χ4v) is 6.92. The molecule has 5 heteroatoms. The smallest absolute Gasteiger partial charge is 0.190 e. The number of hydrogen-bond donors (Lipinski definition) is 3. The van der Waals surface area contributed by atoms with Crippen LogP contribution in [0.2, 0.25) is 0 Å². The first-order valence-corrected chi connectivity index (χ1v) is 9.66. The fraction of sp³-hybridized carbons (Fsp3) is 0.714. The van der Waals surface area contributed by atoms with Gasteiger partial charge in [0.25, 0.3) is 0 Å². The van der Waals surface area contributed by atoms with Crippen LogP contribution in [0.15, 0.2) is 23.8 Å². The zero-order valence-electron chi connectivity index (χ0n) is 15.4.